The summed E-state index contributed by atoms with van der Waals surface area (Å²) < 4.78 is 5.19. The first-order valence-corrected chi connectivity index (χ1v) is 8.14. The average Bonchev–Trinajstić information content (AvgIpc) is 2.63. The predicted molar refractivity (Wildman–Crippen MR) is 90.6 cm³/mol. The van der Waals surface area contributed by atoms with Crippen molar-refractivity contribution in [2.75, 3.05) is 20.2 Å². The summed E-state index contributed by atoms with van der Waals surface area (Å²) in [4.78, 5) is 18.4. The van der Waals surface area contributed by atoms with E-state index in [0.717, 1.165) is 16.9 Å². The Morgan fingerprint density at radius 1 is 1.29 bits per heavy atom. The number of carbonyl (C=O) groups is 1. The smallest absolute Gasteiger partial charge is 0.226 e. The first-order chi connectivity index (χ1) is 11.6. The van der Waals surface area contributed by atoms with Crippen LogP contribution in [-0.4, -0.2) is 41.1 Å². The molecule has 126 valence electrons. The highest BCUT2D eigenvalue weighted by Gasteiger charge is 2.35. The molecule has 1 amide bonds. The van der Waals surface area contributed by atoms with Crippen LogP contribution in [0.25, 0.3) is 0 Å². The molecule has 1 fully saturated rings. The van der Waals surface area contributed by atoms with Gasteiger partial charge in [0.25, 0.3) is 0 Å². The number of rotatable bonds is 4. The number of carbonyl (C=O) groups excluding carboxylic acids is 1. The zero-order valence-corrected chi connectivity index (χ0v) is 13.8. The Balaban J connectivity index is 1.61. The van der Waals surface area contributed by atoms with Crippen LogP contribution in [0.5, 0.6) is 5.75 Å². The molecule has 1 N–H and O–H groups in total. The molecule has 2 heterocycles. The van der Waals surface area contributed by atoms with Crippen LogP contribution < -0.4 is 4.74 Å². The van der Waals surface area contributed by atoms with Crippen LogP contribution in [0.3, 0.4) is 0 Å². The molecule has 24 heavy (non-hydrogen) atoms. The summed E-state index contributed by atoms with van der Waals surface area (Å²) >= 11 is 0. The maximum atomic E-state index is 12.5. The normalized spacial score (nSPS) is 16.7. The summed E-state index contributed by atoms with van der Waals surface area (Å²) in [6.07, 6.45) is 4.81. The van der Waals surface area contributed by atoms with Crippen molar-refractivity contribution in [3.05, 3.63) is 59.9 Å². The van der Waals surface area contributed by atoms with Gasteiger partial charge in [-0.25, -0.2) is 0 Å². The minimum atomic E-state index is -0.888. The van der Waals surface area contributed by atoms with Crippen LogP contribution in [0, 0.1) is 0 Å². The fourth-order valence-corrected chi connectivity index (χ4v) is 3.12. The van der Waals surface area contributed by atoms with Gasteiger partial charge in [-0.1, -0.05) is 18.2 Å². The van der Waals surface area contributed by atoms with Gasteiger partial charge in [-0.05, 0) is 36.6 Å². The molecule has 5 heteroatoms. The van der Waals surface area contributed by atoms with Crippen molar-refractivity contribution in [1.82, 2.24) is 9.88 Å². The Morgan fingerprint density at radius 2 is 2.08 bits per heavy atom. The number of nitrogens with zero attached hydrogens (tertiary/aromatic N) is 2. The second kappa shape index (κ2) is 7.01. The zero-order valence-electron chi connectivity index (χ0n) is 13.8. The number of hydrogen-bond acceptors (Lipinski definition) is 4. The highest BCUT2D eigenvalue weighted by molar-refractivity contribution is 5.79. The number of amides is 1. The van der Waals surface area contributed by atoms with Crippen molar-refractivity contribution in [3.63, 3.8) is 0 Å². The van der Waals surface area contributed by atoms with E-state index in [1.54, 1.807) is 19.5 Å². The van der Waals surface area contributed by atoms with Crippen molar-refractivity contribution >= 4 is 5.91 Å². The van der Waals surface area contributed by atoms with Crippen LogP contribution in [0.1, 0.15) is 24.0 Å². The van der Waals surface area contributed by atoms with Crippen molar-refractivity contribution in [1.29, 1.82) is 0 Å². The molecule has 0 radical (unpaired) electrons. The molecule has 0 unspecified atom stereocenters. The van der Waals surface area contributed by atoms with E-state index >= 15 is 0 Å². The molecule has 0 atom stereocenters. The first kappa shape index (κ1) is 16.5. The molecule has 0 spiro atoms. The lowest BCUT2D eigenvalue weighted by atomic mass is 9.85. The quantitative estimate of drug-likeness (QED) is 0.935. The van der Waals surface area contributed by atoms with Crippen LogP contribution >= 0.6 is 0 Å². The molecule has 1 aliphatic heterocycles. The number of aliphatic hydroxyl groups is 1. The molecular weight excluding hydrogens is 304 g/mol. The second-order valence-corrected chi connectivity index (χ2v) is 6.18. The van der Waals surface area contributed by atoms with E-state index < -0.39 is 5.60 Å². The zero-order chi connectivity index (χ0) is 17.0. The Kier molecular flexibility index (Phi) is 4.81. The average molecular weight is 326 g/mol. The lowest BCUT2D eigenvalue weighted by molar-refractivity contribution is -0.135. The van der Waals surface area contributed by atoms with Gasteiger partial charge in [-0.3, -0.25) is 9.78 Å². The molecule has 5 nitrogen and oxygen atoms in total. The standard InChI is InChI=1S/C19H22N2O3/c1-24-17-6-2-4-15(12-17)13-18(22)21-10-7-19(23,8-11-21)16-5-3-9-20-14-16/h2-6,9,12,14,23H,7-8,10-11,13H2,1H3. The first-order valence-electron chi connectivity index (χ1n) is 8.14. The van der Waals surface area contributed by atoms with Crippen LogP contribution in [-0.2, 0) is 16.8 Å². The number of benzene rings is 1. The van der Waals surface area contributed by atoms with E-state index in [-0.39, 0.29) is 5.91 Å². The van der Waals surface area contributed by atoms with E-state index in [0.29, 0.717) is 32.4 Å². The van der Waals surface area contributed by atoms with Crippen LogP contribution in [0.4, 0.5) is 0 Å². The van der Waals surface area contributed by atoms with Crippen molar-refractivity contribution in [2.45, 2.75) is 24.9 Å². The lowest BCUT2D eigenvalue weighted by Crippen LogP contribution is -2.45. The topological polar surface area (TPSA) is 62.7 Å². The van der Waals surface area contributed by atoms with Gasteiger partial charge in [0.05, 0.1) is 19.1 Å². The van der Waals surface area contributed by atoms with Gasteiger partial charge in [0.15, 0.2) is 0 Å². The number of hydrogen-bond donors (Lipinski definition) is 1. The SMILES string of the molecule is COc1cccc(CC(=O)N2CCC(O)(c3cccnc3)CC2)c1. The molecular formula is C19H22N2O3. The van der Waals surface area contributed by atoms with Crippen molar-refractivity contribution in [2.24, 2.45) is 0 Å². The number of aromatic nitrogens is 1. The lowest BCUT2D eigenvalue weighted by Gasteiger charge is -2.38. The Bertz CT molecular complexity index is 695. The monoisotopic (exact) mass is 326 g/mol. The summed E-state index contributed by atoms with van der Waals surface area (Å²) in [6, 6.07) is 11.3. The predicted octanol–water partition coefficient (Wildman–Crippen LogP) is 2.14. The van der Waals surface area contributed by atoms with Crippen molar-refractivity contribution < 1.29 is 14.6 Å². The summed E-state index contributed by atoms with van der Waals surface area (Å²) in [5.41, 5.74) is 0.874. The van der Waals surface area contributed by atoms with E-state index in [9.17, 15) is 9.90 Å². The largest absolute Gasteiger partial charge is 0.497 e. The number of likely N-dealkylation sites (tertiary alicyclic amines) is 1. The summed E-state index contributed by atoms with van der Waals surface area (Å²) in [5, 5.41) is 10.8. The number of ether oxygens (including phenoxy) is 1. The molecule has 1 aromatic carbocycles. The van der Waals surface area contributed by atoms with Crippen molar-refractivity contribution in [3.8, 4) is 5.75 Å². The number of piperidine rings is 1. The summed E-state index contributed by atoms with van der Waals surface area (Å²) in [7, 11) is 1.62. The minimum Gasteiger partial charge on any atom is -0.497 e. The Hall–Kier alpha value is -2.40. The van der Waals surface area contributed by atoms with E-state index in [2.05, 4.69) is 4.98 Å². The maximum Gasteiger partial charge on any atom is 0.226 e. The third-order valence-corrected chi connectivity index (χ3v) is 4.63. The van der Waals surface area contributed by atoms with E-state index in [4.69, 9.17) is 4.74 Å². The molecule has 2 aromatic rings. The minimum absolute atomic E-state index is 0.0801. The van der Waals surface area contributed by atoms with Gasteiger partial charge in [0.2, 0.25) is 5.91 Å². The van der Waals surface area contributed by atoms with Gasteiger partial charge in [0.1, 0.15) is 5.75 Å². The van der Waals surface area contributed by atoms with E-state index in [1.165, 1.54) is 0 Å². The Morgan fingerprint density at radius 3 is 2.75 bits per heavy atom. The molecule has 1 aromatic heterocycles. The molecule has 3 rings (SSSR count). The molecule has 0 bridgehead atoms. The third kappa shape index (κ3) is 3.57. The van der Waals surface area contributed by atoms with Gasteiger partial charge in [-0.2, -0.15) is 0 Å². The molecule has 0 aliphatic carbocycles. The van der Waals surface area contributed by atoms with Crippen LogP contribution in [0.15, 0.2) is 48.8 Å². The molecule has 1 aliphatic rings. The molecule has 1 saturated heterocycles. The number of pyridine rings is 1. The maximum absolute atomic E-state index is 12.5. The van der Waals surface area contributed by atoms with Gasteiger partial charge >= 0.3 is 0 Å². The van der Waals surface area contributed by atoms with Crippen LogP contribution in [0.2, 0.25) is 0 Å². The van der Waals surface area contributed by atoms with Gasteiger partial charge in [-0.15, -0.1) is 0 Å². The van der Waals surface area contributed by atoms with Gasteiger partial charge in [0, 0.05) is 31.0 Å². The highest BCUT2D eigenvalue weighted by Crippen LogP contribution is 2.32. The fraction of sp³-hybridized carbons (Fsp3) is 0.368. The molecule has 0 saturated carbocycles. The summed E-state index contributed by atoms with van der Waals surface area (Å²) in [5.74, 6) is 0.835. The number of methoxy groups -OCH3 is 1. The third-order valence-electron chi connectivity index (χ3n) is 4.63. The highest BCUT2D eigenvalue weighted by atomic mass is 16.5. The van der Waals surface area contributed by atoms with Gasteiger partial charge < -0.3 is 14.7 Å². The second-order valence-electron chi connectivity index (χ2n) is 6.18. The fourth-order valence-electron chi connectivity index (χ4n) is 3.12. The Labute approximate surface area is 141 Å². The summed E-state index contributed by atoms with van der Waals surface area (Å²) in [6.45, 7) is 1.10. The van der Waals surface area contributed by atoms with E-state index in [1.807, 2.05) is 41.3 Å².